The highest BCUT2D eigenvalue weighted by molar-refractivity contribution is 7.80. The Balaban J connectivity index is 3.21. The Morgan fingerprint density at radius 2 is 2.31 bits per heavy atom. The standard InChI is InChI=1S/C11H12N2O2S/c1-15-11(14)4-7-2-3-10(16)9(6-13)8(7)5-12/h2-3,16H,4,6,13H2,1H3. The molecule has 84 valence electrons. The van der Waals surface area contributed by atoms with Crippen LogP contribution < -0.4 is 5.73 Å². The van der Waals surface area contributed by atoms with Gasteiger partial charge in [-0.3, -0.25) is 4.79 Å². The molecule has 2 N–H and O–H groups in total. The summed E-state index contributed by atoms with van der Waals surface area (Å²) in [4.78, 5) is 11.8. The SMILES string of the molecule is COC(=O)Cc1ccc(S)c(CN)c1C#N. The van der Waals surface area contributed by atoms with Gasteiger partial charge in [-0.25, -0.2) is 0 Å². The van der Waals surface area contributed by atoms with E-state index in [-0.39, 0.29) is 18.9 Å². The smallest absolute Gasteiger partial charge is 0.310 e. The fourth-order valence-corrected chi connectivity index (χ4v) is 1.68. The molecule has 0 radical (unpaired) electrons. The van der Waals surface area contributed by atoms with Crippen LogP contribution in [0.2, 0.25) is 0 Å². The fourth-order valence-electron chi connectivity index (χ4n) is 1.41. The average molecular weight is 236 g/mol. The first-order valence-corrected chi connectivity index (χ1v) is 5.09. The maximum Gasteiger partial charge on any atom is 0.310 e. The zero-order valence-electron chi connectivity index (χ0n) is 8.86. The number of thiol groups is 1. The van der Waals surface area contributed by atoms with Crippen molar-refractivity contribution in [2.24, 2.45) is 5.73 Å². The Kier molecular flexibility index (Phi) is 4.35. The molecule has 1 aromatic carbocycles. The predicted molar refractivity (Wildman–Crippen MR) is 62.0 cm³/mol. The van der Waals surface area contributed by atoms with Crippen LogP contribution in [-0.4, -0.2) is 13.1 Å². The van der Waals surface area contributed by atoms with Crippen LogP contribution in [0.1, 0.15) is 16.7 Å². The lowest BCUT2D eigenvalue weighted by molar-refractivity contribution is -0.139. The third-order valence-electron chi connectivity index (χ3n) is 2.25. The van der Waals surface area contributed by atoms with E-state index < -0.39 is 0 Å². The van der Waals surface area contributed by atoms with E-state index in [1.165, 1.54) is 7.11 Å². The van der Waals surface area contributed by atoms with Gasteiger partial charge in [0.1, 0.15) is 0 Å². The summed E-state index contributed by atoms with van der Waals surface area (Å²) in [5.41, 5.74) is 7.24. The topological polar surface area (TPSA) is 76.1 Å². The molecule has 0 bridgehead atoms. The quantitative estimate of drug-likeness (QED) is 0.607. The second-order valence-electron chi connectivity index (χ2n) is 3.17. The van der Waals surface area contributed by atoms with Gasteiger partial charge in [-0.15, -0.1) is 12.6 Å². The van der Waals surface area contributed by atoms with Crippen molar-refractivity contribution in [1.29, 1.82) is 5.26 Å². The first-order chi connectivity index (χ1) is 7.63. The van der Waals surface area contributed by atoms with Crippen LogP contribution in [0.25, 0.3) is 0 Å². The Labute approximate surface area is 99.4 Å². The molecule has 0 saturated heterocycles. The Morgan fingerprint density at radius 1 is 1.62 bits per heavy atom. The van der Waals surface area contributed by atoms with Crippen LogP contribution in [0, 0.1) is 11.3 Å². The second-order valence-corrected chi connectivity index (χ2v) is 3.65. The van der Waals surface area contributed by atoms with Crippen LogP contribution in [0.15, 0.2) is 17.0 Å². The maximum atomic E-state index is 11.2. The summed E-state index contributed by atoms with van der Waals surface area (Å²) >= 11 is 4.22. The molecule has 0 heterocycles. The molecule has 0 aliphatic carbocycles. The molecule has 4 nitrogen and oxygen atoms in total. The van der Waals surface area contributed by atoms with Crippen molar-refractivity contribution < 1.29 is 9.53 Å². The van der Waals surface area contributed by atoms with Crippen LogP contribution in [0.4, 0.5) is 0 Å². The maximum absolute atomic E-state index is 11.2. The summed E-state index contributed by atoms with van der Waals surface area (Å²) < 4.78 is 4.56. The highest BCUT2D eigenvalue weighted by Crippen LogP contribution is 2.22. The fraction of sp³-hybridized carbons (Fsp3) is 0.273. The molecule has 0 fully saturated rings. The van der Waals surface area contributed by atoms with Crippen molar-refractivity contribution in [1.82, 2.24) is 0 Å². The minimum Gasteiger partial charge on any atom is -0.469 e. The van der Waals surface area contributed by atoms with Crippen molar-refractivity contribution >= 4 is 18.6 Å². The monoisotopic (exact) mass is 236 g/mol. The van der Waals surface area contributed by atoms with Crippen molar-refractivity contribution in [3.63, 3.8) is 0 Å². The van der Waals surface area contributed by atoms with Gasteiger partial charge in [0.05, 0.1) is 25.2 Å². The number of methoxy groups -OCH3 is 1. The van der Waals surface area contributed by atoms with Gasteiger partial charge in [0.2, 0.25) is 0 Å². The Hall–Kier alpha value is -1.51. The molecule has 1 rings (SSSR count). The number of hydrogen-bond donors (Lipinski definition) is 2. The molecule has 1 aromatic rings. The van der Waals surface area contributed by atoms with Crippen LogP contribution in [0.5, 0.6) is 0 Å². The third kappa shape index (κ3) is 2.54. The number of esters is 1. The zero-order chi connectivity index (χ0) is 12.1. The molecule has 0 aliphatic rings. The van der Waals surface area contributed by atoms with E-state index >= 15 is 0 Å². The Morgan fingerprint density at radius 3 is 2.81 bits per heavy atom. The molecule has 0 atom stereocenters. The number of nitriles is 1. The van der Waals surface area contributed by atoms with Gasteiger partial charge in [-0.05, 0) is 17.2 Å². The lowest BCUT2D eigenvalue weighted by atomic mass is 9.99. The van der Waals surface area contributed by atoms with E-state index in [0.29, 0.717) is 21.6 Å². The number of carbonyl (C=O) groups excluding carboxylic acids is 1. The van der Waals surface area contributed by atoms with Crippen LogP contribution >= 0.6 is 12.6 Å². The summed E-state index contributed by atoms with van der Waals surface area (Å²) in [7, 11) is 1.31. The van der Waals surface area contributed by atoms with E-state index in [0.717, 1.165) is 0 Å². The summed E-state index contributed by atoms with van der Waals surface area (Å²) in [5.74, 6) is -0.383. The number of nitrogens with zero attached hydrogens (tertiary/aromatic N) is 1. The van der Waals surface area contributed by atoms with Crippen LogP contribution in [-0.2, 0) is 22.5 Å². The Bertz CT molecular complexity index is 452. The highest BCUT2D eigenvalue weighted by Gasteiger charge is 2.13. The molecular formula is C11H12N2O2S. The van der Waals surface area contributed by atoms with Gasteiger partial charge >= 0.3 is 5.97 Å². The minimum absolute atomic E-state index is 0.0699. The number of rotatable bonds is 3. The number of nitrogens with two attached hydrogens (primary N) is 1. The normalized spacial score (nSPS) is 9.62. The molecule has 5 heteroatoms. The van der Waals surface area contributed by atoms with Gasteiger partial charge in [0.15, 0.2) is 0 Å². The number of carbonyl (C=O) groups is 1. The second kappa shape index (κ2) is 5.54. The lowest BCUT2D eigenvalue weighted by Crippen LogP contribution is -2.09. The van der Waals surface area contributed by atoms with Crippen molar-refractivity contribution in [2.75, 3.05) is 7.11 Å². The number of hydrogen-bond acceptors (Lipinski definition) is 5. The van der Waals surface area contributed by atoms with Crippen LogP contribution in [0.3, 0.4) is 0 Å². The molecular weight excluding hydrogens is 224 g/mol. The number of benzene rings is 1. The van der Waals surface area contributed by atoms with Gasteiger partial charge < -0.3 is 10.5 Å². The molecule has 0 aliphatic heterocycles. The summed E-state index contributed by atoms with van der Waals surface area (Å²) in [6, 6.07) is 5.47. The molecule has 0 amide bonds. The van der Waals surface area contributed by atoms with Gasteiger partial charge in [-0.2, -0.15) is 5.26 Å². The molecule has 0 unspecified atom stereocenters. The summed E-state index contributed by atoms with van der Waals surface area (Å²) in [5, 5.41) is 9.05. The van der Waals surface area contributed by atoms with E-state index in [2.05, 4.69) is 17.4 Å². The largest absolute Gasteiger partial charge is 0.469 e. The van der Waals surface area contributed by atoms with E-state index in [1.54, 1.807) is 12.1 Å². The first-order valence-electron chi connectivity index (χ1n) is 4.64. The molecule has 0 saturated carbocycles. The van der Waals surface area contributed by atoms with E-state index in [1.807, 2.05) is 6.07 Å². The van der Waals surface area contributed by atoms with E-state index in [9.17, 15) is 4.79 Å². The predicted octanol–water partition coefficient (Wildman–Crippen LogP) is 1.02. The highest BCUT2D eigenvalue weighted by atomic mass is 32.1. The summed E-state index contributed by atoms with van der Waals surface area (Å²) in [6.07, 6.45) is 0.0699. The molecule has 16 heavy (non-hydrogen) atoms. The van der Waals surface area contributed by atoms with Crippen molar-refractivity contribution in [3.05, 3.63) is 28.8 Å². The van der Waals surface area contributed by atoms with Gasteiger partial charge in [0, 0.05) is 11.4 Å². The summed E-state index contributed by atoms with van der Waals surface area (Å²) in [6.45, 7) is 0.219. The zero-order valence-corrected chi connectivity index (χ0v) is 9.75. The van der Waals surface area contributed by atoms with Crippen molar-refractivity contribution in [3.8, 4) is 6.07 Å². The first kappa shape index (κ1) is 12.6. The van der Waals surface area contributed by atoms with Crippen molar-refractivity contribution in [2.45, 2.75) is 17.9 Å². The average Bonchev–Trinajstić information content (AvgIpc) is 2.30. The lowest BCUT2D eigenvalue weighted by Gasteiger charge is -2.09. The van der Waals surface area contributed by atoms with Gasteiger partial charge in [0.25, 0.3) is 0 Å². The molecule has 0 aromatic heterocycles. The number of ether oxygens (including phenoxy) is 1. The molecule has 0 spiro atoms. The third-order valence-corrected chi connectivity index (χ3v) is 2.67. The van der Waals surface area contributed by atoms with E-state index in [4.69, 9.17) is 11.0 Å². The minimum atomic E-state index is -0.383. The van der Waals surface area contributed by atoms with Gasteiger partial charge in [-0.1, -0.05) is 6.07 Å².